The molecule has 3 aromatic rings. The molecule has 0 unspecified atom stereocenters. The molecule has 6 heteroatoms. The van der Waals surface area contributed by atoms with Crippen LogP contribution in [0, 0.1) is 0 Å². The number of carbonyl (C=O) groups excluding carboxylic acids is 1. The molecular weight excluding hydrogens is 467 g/mol. The Morgan fingerprint density at radius 3 is 2.21 bits per heavy atom. The van der Waals surface area contributed by atoms with E-state index < -0.39 is 0 Å². The highest BCUT2D eigenvalue weighted by Crippen LogP contribution is 2.35. The molecule has 34 heavy (non-hydrogen) atoms. The molecule has 2 aromatic heterocycles. The predicted octanol–water partition coefficient (Wildman–Crippen LogP) is 7.71. The number of pyridine rings is 1. The third-order valence-electron chi connectivity index (χ3n) is 6.14. The van der Waals surface area contributed by atoms with Crippen LogP contribution in [-0.4, -0.2) is 41.3 Å². The number of rotatable bonds is 14. The van der Waals surface area contributed by atoms with E-state index >= 15 is 0 Å². The van der Waals surface area contributed by atoms with E-state index in [1.165, 1.54) is 25.7 Å². The molecule has 0 aliphatic heterocycles. The summed E-state index contributed by atoms with van der Waals surface area (Å²) in [5.41, 5.74) is 3.11. The molecule has 0 bridgehead atoms. The number of unbranched alkanes of at least 4 members (excludes halogenated alkanes) is 2. The van der Waals surface area contributed by atoms with Crippen LogP contribution in [0.25, 0.3) is 5.52 Å². The molecule has 0 amide bonds. The van der Waals surface area contributed by atoms with Crippen molar-refractivity contribution in [3.05, 3.63) is 69.5 Å². The molecule has 0 aliphatic rings. The minimum Gasteiger partial charge on any atom is -0.490 e. The molecule has 184 valence electrons. The Labute approximate surface area is 213 Å². The minimum absolute atomic E-state index is 0.0964. The first-order valence-corrected chi connectivity index (χ1v) is 13.2. The summed E-state index contributed by atoms with van der Waals surface area (Å²) in [6.45, 7) is 10.3. The fraction of sp³-hybridized carbons (Fsp3) is 0.464. The van der Waals surface area contributed by atoms with Crippen molar-refractivity contribution in [2.75, 3.05) is 26.2 Å². The van der Waals surface area contributed by atoms with Crippen LogP contribution in [0.15, 0.2) is 42.6 Å². The monoisotopic (exact) mass is 502 g/mol. The summed E-state index contributed by atoms with van der Waals surface area (Å²) in [7, 11) is 0. The first kappa shape index (κ1) is 26.6. The third kappa shape index (κ3) is 6.56. The number of fused-ring (bicyclic) bond motifs is 1. The Bertz CT molecular complexity index is 1060. The molecule has 0 atom stereocenters. The zero-order chi connectivity index (χ0) is 24.5. The summed E-state index contributed by atoms with van der Waals surface area (Å²) in [5.74, 6) is 0.352. The van der Waals surface area contributed by atoms with Crippen LogP contribution in [0.2, 0.25) is 10.0 Å². The molecule has 3 rings (SSSR count). The third-order valence-corrected chi connectivity index (χ3v) is 6.70. The second-order valence-corrected chi connectivity index (χ2v) is 9.53. The Balaban J connectivity index is 1.69. The van der Waals surface area contributed by atoms with Gasteiger partial charge in [-0.05, 0) is 74.7 Å². The predicted molar refractivity (Wildman–Crippen MR) is 143 cm³/mol. The Hall–Kier alpha value is -2.01. The van der Waals surface area contributed by atoms with Gasteiger partial charge >= 0.3 is 0 Å². The quantitative estimate of drug-likeness (QED) is 0.167. The van der Waals surface area contributed by atoms with E-state index in [4.69, 9.17) is 27.9 Å². The van der Waals surface area contributed by atoms with Crippen LogP contribution in [-0.2, 0) is 6.42 Å². The van der Waals surface area contributed by atoms with Gasteiger partial charge in [0.25, 0.3) is 0 Å². The lowest BCUT2D eigenvalue weighted by molar-refractivity contribution is 0.103. The number of halogens is 2. The van der Waals surface area contributed by atoms with Gasteiger partial charge in [0.1, 0.15) is 0 Å². The van der Waals surface area contributed by atoms with E-state index in [-0.39, 0.29) is 5.78 Å². The largest absolute Gasteiger partial charge is 0.490 e. The lowest BCUT2D eigenvalue weighted by Gasteiger charge is -2.22. The van der Waals surface area contributed by atoms with Gasteiger partial charge < -0.3 is 14.0 Å². The summed E-state index contributed by atoms with van der Waals surface area (Å²) in [6.07, 6.45) is 8.41. The molecule has 4 nitrogen and oxygen atoms in total. The number of ether oxygens (including phenoxy) is 1. The highest BCUT2D eigenvalue weighted by atomic mass is 35.5. The van der Waals surface area contributed by atoms with E-state index in [2.05, 4.69) is 24.8 Å². The van der Waals surface area contributed by atoms with Crippen molar-refractivity contribution in [3.63, 3.8) is 0 Å². The Morgan fingerprint density at radius 2 is 1.59 bits per heavy atom. The summed E-state index contributed by atoms with van der Waals surface area (Å²) in [4.78, 5) is 15.9. The number of aryl methyl sites for hydroxylation is 1. The molecule has 0 aliphatic carbocycles. The Kier molecular flexibility index (Phi) is 10.3. The van der Waals surface area contributed by atoms with Gasteiger partial charge in [0.15, 0.2) is 5.75 Å². The van der Waals surface area contributed by atoms with Crippen LogP contribution >= 0.6 is 23.2 Å². The van der Waals surface area contributed by atoms with Gasteiger partial charge in [-0.3, -0.25) is 4.79 Å². The molecule has 0 saturated heterocycles. The normalized spacial score (nSPS) is 11.5. The lowest BCUT2D eigenvalue weighted by Crippen LogP contribution is -2.28. The summed E-state index contributed by atoms with van der Waals surface area (Å²) < 4.78 is 7.89. The fourth-order valence-electron chi connectivity index (χ4n) is 4.23. The van der Waals surface area contributed by atoms with E-state index in [1.54, 1.807) is 12.1 Å². The topological polar surface area (TPSA) is 34.0 Å². The molecule has 0 radical (unpaired) electrons. The van der Waals surface area contributed by atoms with Gasteiger partial charge in [0, 0.05) is 23.8 Å². The van der Waals surface area contributed by atoms with Crippen LogP contribution in [0.5, 0.6) is 5.75 Å². The number of nitrogens with zero attached hydrogens (tertiary/aromatic N) is 2. The zero-order valence-electron chi connectivity index (χ0n) is 20.6. The number of benzene rings is 1. The maximum Gasteiger partial charge on any atom is 0.210 e. The van der Waals surface area contributed by atoms with E-state index in [0.29, 0.717) is 33.7 Å². The molecule has 1 aromatic carbocycles. The first-order chi connectivity index (χ1) is 16.5. The van der Waals surface area contributed by atoms with Crippen molar-refractivity contribution in [2.24, 2.45) is 0 Å². The van der Waals surface area contributed by atoms with Crippen molar-refractivity contribution < 1.29 is 9.53 Å². The van der Waals surface area contributed by atoms with Gasteiger partial charge in [-0.1, -0.05) is 62.9 Å². The van der Waals surface area contributed by atoms with Crippen LogP contribution in [0.4, 0.5) is 0 Å². The molecule has 0 fully saturated rings. The van der Waals surface area contributed by atoms with Crippen molar-refractivity contribution in [3.8, 4) is 5.75 Å². The van der Waals surface area contributed by atoms with Crippen molar-refractivity contribution >= 4 is 34.5 Å². The molecule has 0 N–H and O–H groups in total. The standard InChI is InChI=1S/C28H36Cl2N2O2/c1-4-7-13-31(14-8-5-2)15-11-17-34-28-24(29)19-22(20-25(28)30)27(33)26-21(6-3)18-23-12-9-10-16-32(23)26/h9-10,12,16,18-20H,4-8,11,13-15,17H2,1-3H3. The summed E-state index contributed by atoms with van der Waals surface area (Å²) in [6, 6.07) is 11.3. The highest BCUT2D eigenvalue weighted by Gasteiger charge is 2.21. The first-order valence-electron chi connectivity index (χ1n) is 12.5. The van der Waals surface area contributed by atoms with E-state index in [9.17, 15) is 4.79 Å². The molecular formula is C28H36Cl2N2O2. The van der Waals surface area contributed by atoms with E-state index in [0.717, 1.165) is 43.6 Å². The average molecular weight is 504 g/mol. The summed E-state index contributed by atoms with van der Waals surface area (Å²) in [5, 5.41) is 0.729. The number of hydrogen-bond acceptors (Lipinski definition) is 3. The van der Waals surface area contributed by atoms with Crippen LogP contribution in [0.1, 0.15) is 74.5 Å². The maximum absolute atomic E-state index is 13.4. The highest BCUT2D eigenvalue weighted by molar-refractivity contribution is 6.38. The van der Waals surface area contributed by atoms with Gasteiger partial charge in [-0.2, -0.15) is 0 Å². The zero-order valence-corrected chi connectivity index (χ0v) is 22.1. The number of hydrogen-bond donors (Lipinski definition) is 0. The van der Waals surface area contributed by atoms with Crippen LogP contribution < -0.4 is 4.74 Å². The molecule has 0 spiro atoms. The second kappa shape index (κ2) is 13.2. The van der Waals surface area contributed by atoms with Gasteiger partial charge in [0.05, 0.1) is 22.3 Å². The minimum atomic E-state index is -0.0964. The van der Waals surface area contributed by atoms with Crippen LogP contribution in [0.3, 0.4) is 0 Å². The fourth-order valence-corrected chi connectivity index (χ4v) is 4.83. The van der Waals surface area contributed by atoms with E-state index in [1.807, 2.05) is 35.7 Å². The van der Waals surface area contributed by atoms with Gasteiger partial charge in [0.2, 0.25) is 5.78 Å². The molecule has 2 heterocycles. The van der Waals surface area contributed by atoms with Crippen molar-refractivity contribution in [2.45, 2.75) is 59.3 Å². The SMILES string of the molecule is CCCCN(CCCC)CCCOc1c(Cl)cc(C(=O)c2c(CC)cc3ccccn23)cc1Cl. The lowest BCUT2D eigenvalue weighted by atomic mass is 10.0. The van der Waals surface area contributed by atoms with Gasteiger partial charge in [-0.25, -0.2) is 0 Å². The number of aromatic nitrogens is 1. The Morgan fingerprint density at radius 1 is 0.941 bits per heavy atom. The number of ketones is 1. The average Bonchev–Trinajstić information content (AvgIpc) is 3.22. The second-order valence-electron chi connectivity index (χ2n) is 8.72. The van der Waals surface area contributed by atoms with Gasteiger partial charge in [-0.15, -0.1) is 0 Å². The van der Waals surface area contributed by atoms with Crippen molar-refractivity contribution in [1.29, 1.82) is 0 Å². The smallest absolute Gasteiger partial charge is 0.210 e. The molecule has 0 saturated carbocycles. The van der Waals surface area contributed by atoms with Crippen molar-refractivity contribution in [1.82, 2.24) is 9.30 Å². The summed E-state index contributed by atoms with van der Waals surface area (Å²) >= 11 is 13.1. The maximum atomic E-state index is 13.4. The number of carbonyl (C=O) groups is 1.